The number of hydrogen-bond acceptors (Lipinski definition) is 3. The third kappa shape index (κ3) is 2.79. The van der Waals surface area contributed by atoms with Crippen LogP contribution >= 0.6 is 0 Å². The van der Waals surface area contributed by atoms with E-state index >= 15 is 0 Å². The molecule has 0 saturated heterocycles. The van der Waals surface area contributed by atoms with Gasteiger partial charge in [0.15, 0.2) is 0 Å². The second-order valence-corrected chi connectivity index (χ2v) is 3.58. The number of nitrogens with zero attached hydrogens (tertiary/aromatic N) is 1. The van der Waals surface area contributed by atoms with Crippen LogP contribution in [0.5, 0.6) is 0 Å². The van der Waals surface area contributed by atoms with E-state index in [0.29, 0.717) is 12.2 Å². The molecule has 0 radical (unpaired) electrons. The molecule has 1 aliphatic carbocycles. The fourth-order valence-corrected chi connectivity index (χ4v) is 1.49. The van der Waals surface area contributed by atoms with Crippen molar-refractivity contribution in [2.24, 2.45) is 0 Å². The number of carbonyl (C=O) groups excluding carboxylic acids is 1. The molecule has 0 N–H and O–H groups in total. The summed E-state index contributed by atoms with van der Waals surface area (Å²) in [5, 5.41) is 0. The van der Waals surface area contributed by atoms with Crippen LogP contribution in [-0.2, 0) is 4.74 Å². The minimum atomic E-state index is -0.326. The van der Waals surface area contributed by atoms with Crippen molar-refractivity contribution in [2.75, 3.05) is 6.61 Å². The topological polar surface area (TPSA) is 39.2 Å². The minimum absolute atomic E-state index is 0.326. The Labute approximate surface area is 94.5 Å². The summed E-state index contributed by atoms with van der Waals surface area (Å²) in [5.74, 6) is -0.326. The maximum atomic E-state index is 11.6. The van der Waals surface area contributed by atoms with Gasteiger partial charge in [-0.15, -0.1) is 0 Å². The summed E-state index contributed by atoms with van der Waals surface area (Å²) in [7, 11) is 0. The van der Waals surface area contributed by atoms with Crippen molar-refractivity contribution in [2.45, 2.75) is 12.8 Å². The number of hydrogen-bond donors (Lipinski definition) is 0. The summed E-state index contributed by atoms with van der Waals surface area (Å²) < 4.78 is 5.17. The number of carbonyl (C=O) groups is 1. The molecule has 1 aromatic heterocycles. The summed E-state index contributed by atoms with van der Waals surface area (Å²) in [6.07, 6.45) is 11.4. The van der Waals surface area contributed by atoms with Gasteiger partial charge in [-0.2, -0.15) is 0 Å². The number of aromatic nitrogens is 1. The molecule has 0 saturated carbocycles. The quantitative estimate of drug-likeness (QED) is 0.727. The van der Waals surface area contributed by atoms with Crippen molar-refractivity contribution < 1.29 is 9.53 Å². The van der Waals surface area contributed by atoms with Gasteiger partial charge in [-0.3, -0.25) is 4.98 Å². The molecular formula is C13H13NO2. The first kappa shape index (κ1) is 10.6. The average molecular weight is 215 g/mol. The van der Waals surface area contributed by atoms with Crippen LogP contribution < -0.4 is 0 Å². The highest BCUT2D eigenvalue weighted by Crippen LogP contribution is 2.10. The van der Waals surface area contributed by atoms with Crippen molar-refractivity contribution in [1.82, 2.24) is 4.98 Å². The maximum absolute atomic E-state index is 11.6. The Morgan fingerprint density at radius 3 is 3.06 bits per heavy atom. The monoisotopic (exact) mass is 215 g/mol. The molecule has 0 fully saturated rings. The summed E-state index contributed by atoms with van der Waals surface area (Å²) >= 11 is 0. The second kappa shape index (κ2) is 5.26. The Bertz CT molecular complexity index is 421. The highest BCUT2D eigenvalue weighted by atomic mass is 16.5. The Hall–Kier alpha value is -1.90. The first-order chi connectivity index (χ1) is 7.86. The predicted molar refractivity (Wildman–Crippen MR) is 61.0 cm³/mol. The van der Waals surface area contributed by atoms with Crippen LogP contribution in [0.15, 0.2) is 48.3 Å². The maximum Gasteiger partial charge on any atom is 0.340 e. The van der Waals surface area contributed by atoms with Gasteiger partial charge in [0.25, 0.3) is 0 Å². The third-order valence-corrected chi connectivity index (χ3v) is 2.34. The van der Waals surface area contributed by atoms with Gasteiger partial charge < -0.3 is 4.74 Å². The van der Waals surface area contributed by atoms with Crippen LogP contribution in [0, 0.1) is 0 Å². The molecule has 0 bridgehead atoms. The van der Waals surface area contributed by atoms with Gasteiger partial charge in [-0.1, -0.05) is 18.2 Å². The largest absolute Gasteiger partial charge is 0.457 e. The number of esters is 1. The van der Waals surface area contributed by atoms with Gasteiger partial charge in [0.05, 0.1) is 5.56 Å². The van der Waals surface area contributed by atoms with E-state index in [4.69, 9.17) is 4.74 Å². The smallest absolute Gasteiger partial charge is 0.340 e. The second-order valence-electron chi connectivity index (χ2n) is 3.58. The van der Waals surface area contributed by atoms with Crippen LogP contribution in [0.4, 0.5) is 0 Å². The molecule has 0 aliphatic heterocycles. The van der Waals surface area contributed by atoms with E-state index in [1.165, 1.54) is 6.20 Å². The van der Waals surface area contributed by atoms with E-state index in [1.54, 1.807) is 18.3 Å². The van der Waals surface area contributed by atoms with Crippen LogP contribution in [0.3, 0.4) is 0 Å². The molecule has 82 valence electrons. The molecule has 1 aromatic rings. The lowest BCUT2D eigenvalue weighted by Gasteiger charge is -2.07. The highest BCUT2D eigenvalue weighted by molar-refractivity contribution is 5.89. The Morgan fingerprint density at radius 2 is 2.38 bits per heavy atom. The van der Waals surface area contributed by atoms with E-state index in [1.807, 2.05) is 6.08 Å². The molecule has 3 nitrogen and oxygen atoms in total. The SMILES string of the molecule is O=C(OCC1=CCCC=C1)c1cccnc1. The van der Waals surface area contributed by atoms with Crippen molar-refractivity contribution in [3.8, 4) is 0 Å². The molecule has 0 amide bonds. The van der Waals surface area contributed by atoms with Crippen LogP contribution in [0.25, 0.3) is 0 Å². The molecule has 1 aliphatic rings. The lowest BCUT2D eigenvalue weighted by atomic mass is 10.1. The molecule has 3 heteroatoms. The van der Waals surface area contributed by atoms with Gasteiger partial charge in [-0.05, 0) is 30.5 Å². The van der Waals surface area contributed by atoms with Crippen LogP contribution in [-0.4, -0.2) is 17.6 Å². The number of pyridine rings is 1. The molecule has 0 spiro atoms. The van der Waals surface area contributed by atoms with Crippen molar-refractivity contribution >= 4 is 5.97 Å². The average Bonchev–Trinajstić information content (AvgIpc) is 2.38. The van der Waals surface area contributed by atoms with Crippen molar-refractivity contribution in [3.05, 3.63) is 53.9 Å². The molecule has 2 rings (SSSR count). The van der Waals surface area contributed by atoms with Crippen molar-refractivity contribution in [1.29, 1.82) is 0 Å². The van der Waals surface area contributed by atoms with E-state index in [2.05, 4.69) is 17.1 Å². The minimum Gasteiger partial charge on any atom is -0.457 e. The summed E-state index contributed by atoms with van der Waals surface area (Å²) in [6, 6.07) is 3.41. The Kier molecular flexibility index (Phi) is 3.49. The number of allylic oxidation sites excluding steroid dienone is 2. The van der Waals surface area contributed by atoms with E-state index in [-0.39, 0.29) is 5.97 Å². The Morgan fingerprint density at radius 1 is 1.44 bits per heavy atom. The van der Waals surface area contributed by atoms with E-state index in [9.17, 15) is 4.79 Å². The fourth-order valence-electron chi connectivity index (χ4n) is 1.49. The van der Waals surface area contributed by atoms with Gasteiger partial charge in [0, 0.05) is 12.4 Å². The molecule has 0 unspecified atom stereocenters. The number of ether oxygens (including phenoxy) is 1. The normalized spacial score (nSPS) is 14.4. The van der Waals surface area contributed by atoms with Gasteiger partial charge in [0.2, 0.25) is 0 Å². The van der Waals surface area contributed by atoms with Crippen LogP contribution in [0.2, 0.25) is 0 Å². The highest BCUT2D eigenvalue weighted by Gasteiger charge is 2.07. The summed E-state index contributed by atoms with van der Waals surface area (Å²) in [6.45, 7) is 0.338. The Balaban J connectivity index is 1.89. The molecule has 16 heavy (non-hydrogen) atoms. The zero-order chi connectivity index (χ0) is 11.2. The zero-order valence-corrected chi connectivity index (χ0v) is 8.93. The standard InChI is InChI=1S/C13H13NO2/c15-13(12-7-4-8-14-9-12)16-10-11-5-2-1-3-6-11/h2,4-9H,1,3,10H2. The molecular weight excluding hydrogens is 202 g/mol. The van der Waals surface area contributed by atoms with Gasteiger partial charge in [0.1, 0.15) is 6.61 Å². The number of rotatable bonds is 3. The lowest BCUT2D eigenvalue weighted by molar-refractivity contribution is 0.0542. The van der Waals surface area contributed by atoms with Gasteiger partial charge in [-0.25, -0.2) is 4.79 Å². The molecule has 1 heterocycles. The van der Waals surface area contributed by atoms with Gasteiger partial charge >= 0.3 is 5.97 Å². The summed E-state index contributed by atoms with van der Waals surface area (Å²) in [5.41, 5.74) is 1.55. The van der Waals surface area contributed by atoms with Crippen molar-refractivity contribution in [3.63, 3.8) is 0 Å². The fraction of sp³-hybridized carbons (Fsp3) is 0.231. The third-order valence-electron chi connectivity index (χ3n) is 2.34. The lowest BCUT2D eigenvalue weighted by Crippen LogP contribution is -2.08. The van der Waals surface area contributed by atoms with Crippen LogP contribution in [0.1, 0.15) is 23.2 Å². The zero-order valence-electron chi connectivity index (χ0n) is 8.93. The van der Waals surface area contributed by atoms with E-state index < -0.39 is 0 Å². The first-order valence-electron chi connectivity index (χ1n) is 5.29. The summed E-state index contributed by atoms with van der Waals surface area (Å²) in [4.78, 5) is 15.4. The molecule has 0 atom stereocenters. The molecule has 0 aromatic carbocycles. The van der Waals surface area contributed by atoms with E-state index in [0.717, 1.165) is 18.4 Å². The predicted octanol–water partition coefficient (Wildman–Crippen LogP) is 2.51. The first-order valence-corrected chi connectivity index (χ1v) is 5.29.